The highest BCUT2D eigenvalue weighted by Gasteiger charge is 2.20. The predicted molar refractivity (Wildman–Crippen MR) is 64.5 cm³/mol. The van der Waals surface area contributed by atoms with Crippen molar-refractivity contribution in [1.29, 1.82) is 0 Å². The van der Waals surface area contributed by atoms with Crippen molar-refractivity contribution in [2.24, 2.45) is 0 Å². The van der Waals surface area contributed by atoms with Crippen molar-refractivity contribution in [3.8, 4) is 0 Å². The quantitative estimate of drug-likeness (QED) is 0.443. The number of hydrogen-bond donors (Lipinski definition) is 2. The van der Waals surface area contributed by atoms with Crippen LogP contribution in [0, 0.1) is 0 Å². The molecule has 0 saturated carbocycles. The van der Waals surface area contributed by atoms with Crippen LogP contribution in [0.5, 0.6) is 0 Å². The van der Waals surface area contributed by atoms with E-state index in [9.17, 15) is 4.89 Å². The average Bonchev–Trinajstić information content (AvgIpc) is 1.82. The monoisotopic (exact) mass is 244 g/mol. The Morgan fingerprint density at radius 3 is 1.77 bits per heavy atom. The summed E-state index contributed by atoms with van der Waals surface area (Å²) in [6.45, 7) is 8.81. The van der Waals surface area contributed by atoms with Crippen molar-refractivity contribution in [1.82, 2.24) is 0 Å². The smallest absolute Gasteiger partial charge is 0.274 e. The molecular weight excluding hydrogens is 223 g/mol. The molecule has 0 unspecified atom stereocenters. The second kappa shape index (κ2) is 5.68. The minimum Gasteiger partial charge on any atom is -0.329 e. The first-order valence-corrected chi connectivity index (χ1v) is 12.0. The van der Waals surface area contributed by atoms with Crippen LogP contribution in [0.1, 0.15) is 13.8 Å². The first kappa shape index (κ1) is 13.9. The predicted octanol–water partition coefficient (Wildman–Crippen LogP) is 2.38. The summed E-state index contributed by atoms with van der Waals surface area (Å²) in [7, 11) is -0.358. The van der Waals surface area contributed by atoms with E-state index < -0.39 is 13.9 Å². The van der Waals surface area contributed by atoms with Crippen LogP contribution < -0.4 is 0 Å². The summed E-state index contributed by atoms with van der Waals surface area (Å²) in [5.74, 6) is 0. The Labute approximate surface area is 85.3 Å². The standard InChI is InChI=1S/C7H21O3PSSi/c1-6-9-11(8,10-7-2)12-13(3,4)5/h8,12H,6-7H2,1-5H3. The maximum Gasteiger partial charge on any atom is 0.274 e. The third kappa shape index (κ3) is 6.88. The van der Waals surface area contributed by atoms with Gasteiger partial charge in [-0.25, -0.2) is 0 Å². The van der Waals surface area contributed by atoms with Gasteiger partial charge in [0.1, 0.15) is 7.22 Å². The highest BCUT2D eigenvalue weighted by Crippen LogP contribution is 2.47. The fourth-order valence-corrected chi connectivity index (χ4v) is 13.6. The average molecular weight is 244 g/mol. The van der Waals surface area contributed by atoms with Crippen LogP contribution in [0.4, 0.5) is 0 Å². The third-order valence-electron chi connectivity index (χ3n) is 1.02. The maximum atomic E-state index is 10.0. The Morgan fingerprint density at radius 1 is 1.15 bits per heavy atom. The molecule has 6 heteroatoms. The van der Waals surface area contributed by atoms with E-state index in [-0.39, 0.29) is 0 Å². The van der Waals surface area contributed by atoms with Crippen molar-refractivity contribution in [2.45, 2.75) is 33.5 Å². The Bertz CT molecular complexity index is 192. The van der Waals surface area contributed by atoms with Gasteiger partial charge in [0.15, 0.2) is 0 Å². The lowest BCUT2D eigenvalue weighted by Crippen LogP contribution is -2.19. The van der Waals surface area contributed by atoms with Crippen molar-refractivity contribution >= 4 is 24.3 Å². The van der Waals surface area contributed by atoms with E-state index in [2.05, 4.69) is 19.6 Å². The molecule has 0 radical (unpaired) electrons. The molecule has 0 fully saturated rings. The molecule has 1 N–H and O–H groups in total. The van der Waals surface area contributed by atoms with E-state index in [1.165, 1.54) is 0 Å². The van der Waals surface area contributed by atoms with Gasteiger partial charge in [0.2, 0.25) is 0 Å². The van der Waals surface area contributed by atoms with Crippen LogP contribution in [-0.4, -0.2) is 25.3 Å². The van der Waals surface area contributed by atoms with Gasteiger partial charge in [0, 0.05) is 0 Å². The first-order valence-electron chi connectivity index (χ1n) is 4.48. The van der Waals surface area contributed by atoms with E-state index in [4.69, 9.17) is 9.05 Å². The van der Waals surface area contributed by atoms with Gasteiger partial charge < -0.3 is 13.9 Å². The molecule has 3 nitrogen and oxygen atoms in total. The van der Waals surface area contributed by atoms with Crippen LogP contribution >= 0.6 is 6.72 Å². The minimum atomic E-state index is -2.56. The summed E-state index contributed by atoms with van der Waals surface area (Å²) in [6.07, 6.45) is 0. The molecule has 0 aliphatic heterocycles. The van der Waals surface area contributed by atoms with Crippen LogP contribution in [0.25, 0.3) is 0 Å². The maximum absolute atomic E-state index is 10.0. The minimum absolute atomic E-state index is 0.516. The van der Waals surface area contributed by atoms with Crippen LogP contribution in [0.2, 0.25) is 19.6 Å². The lowest BCUT2D eigenvalue weighted by atomic mass is 10.9. The molecule has 82 valence electrons. The Kier molecular flexibility index (Phi) is 6.07. The summed E-state index contributed by atoms with van der Waals surface area (Å²) >= 11 is 0. The molecule has 0 amide bonds. The molecule has 0 bridgehead atoms. The molecule has 0 atom stereocenters. The van der Waals surface area contributed by atoms with E-state index in [0.29, 0.717) is 13.2 Å². The van der Waals surface area contributed by atoms with Gasteiger partial charge in [0.05, 0.1) is 13.2 Å². The summed E-state index contributed by atoms with van der Waals surface area (Å²) in [6, 6.07) is 0. The van der Waals surface area contributed by atoms with Crippen LogP contribution in [0.15, 0.2) is 0 Å². The molecule has 0 aliphatic carbocycles. The first-order chi connectivity index (χ1) is 5.83. The zero-order chi connectivity index (χ0) is 10.5. The van der Waals surface area contributed by atoms with Gasteiger partial charge in [-0.3, -0.25) is 0 Å². The Hall–Kier alpha value is 0.877. The number of thiol groups is 1. The zero-order valence-electron chi connectivity index (χ0n) is 9.07. The molecule has 0 saturated heterocycles. The highest BCUT2D eigenvalue weighted by atomic mass is 32.6. The summed E-state index contributed by atoms with van der Waals surface area (Å²) in [4.78, 5) is 10.0. The Morgan fingerprint density at radius 2 is 1.54 bits per heavy atom. The van der Waals surface area contributed by atoms with E-state index in [0.717, 1.165) is 10.4 Å². The summed E-state index contributed by atoms with van der Waals surface area (Å²) in [5, 5.41) is 0. The van der Waals surface area contributed by atoms with Gasteiger partial charge in [0.25, 0.3) is 6.72 Å². The lowest BCUT2D eigenvalue weighted by molar-refractivity contribution is 0.212. The van der Waals surface area contributed by atoms with Crippen molar-refractivity contribution in [2.75, 3.05) is 13.2 Å². The second-order valence-electron chi connectivity index (χ2n) is 3.60. The lowest BCUT2D eigenvalue weighted by Gasteiger charge is -2.22. The van der Waals surface area contributed by atoms with Gasteiger partial charge in [-0.15, -0.1) is 10.4 Å². The topological polar surface area (TPSA) is 38.7 Å². The Balaban J connectivity index is 4.66. The van der Waals surface area contributed by atoms with E-state index in [1.54, 1.807) is 0 Å². The molecule has 0 heterocycles. The molecule has 0 aromatic heterocycles. The highest BCUT2D eigenvalue weighted by molar-refractivity contribution is 8.35. The normalized spacial score (nSPS) is 13.4. The van der Waals surface area contributed by atoms with Crippen LogP contribution in [0.3, 0.4) is 0 Å². The van der Waals surface area contributed by atoms with Gasteiger partial charge in [-0.2, -0.15) is 0 Å². The van der Waals surface area contributed by atoms with Crippen molar-refractivity contribution < 1.29 is 13.9 Å². The SMILES string of the molecule is CCOP(O)(OCC)=[SH][Si](C)(C)C. The molecular formula is C7H21O3PSSi. The van der Waals surface area contributed by atoms with Gasteiger partial charge >= 0.3 is 0 Å². The van der Waals surface area contributed by atoms with Crippen LogP contribution in [-0.2, 0) is 19.4 Å². The fraction of sp³-hybridized carbons (Fsp3) is 1.00. The van der Waals surface area contributed by atoms with E-state index in [1.807, 2.05) is 13.8 Å². The summed E-state index contributed by atoms with van der Waals surface area (Å²) in [5.41, 5.74) is 0. The second-order valence-corrected chi connectivity index (χ2v) is 17.6. The molecule has 0 spiro atoms. The molecule has 13 heavy (non-hydrogen) atoms. The molecule has 0 rings (SSSR count). The van der Waals surface area contributed by atoms with Gasteiger partial charge in [-0.1, -0.05) is 19.6 Å². The largest absolute Gasteiger partial charge is 0.329 e. The van der Waals surface area contributed by atoms with Crippen molar-refractivity contribution in [3.63, 3.8) is 0 Å². The zero-order valence-corrected chi connectivity index (χ0v) is 11.9. The van der Waals surface area contributed by atoms with E-state index >= 15 is 0 Å². The summed E-state index contributed by atoms with van der Waals surface area (Å²) < 4.78 is 10.6. The van der Waals surface area contributed by atoms with Crippen molar-refractivity contribution in [3.05, 3.63) is 0 Å². The number of hydrogen-bond acceptors (Lipinski definition) is 2. The van der Waals surface area contributed by atoms with Gasteiger partial charge in [-0.05, 0) is 13.8 Å². The molecule has 0 aromatic rings. The third-order valence-corrected chi connectivity index (χ3v) is 14.0. The molecule has 0 aliphatic rings. The fourth-order valence-electron chi connectivity index (χ4n) is 0.810. The number of rotatable bonds is 5. The molecule has 0 aromatic carbocycles.